The molecule has 2 aliphatic carbocycles. The van der Waals surface area contributed by atoms with E-state index in [0.29, 0.717) is 0 Å². The van der Waals surface area contributed by atoms with Gasteiger partial charge in [-0.2, -0.15) is 0 Å². The lowest BCUT2D eigenvalue weighted by molar-refractivity contribution is 0.236. The third-order valence-corrected chi connectivity index (χ3v) is 4.17. The van der Waals surface area contributed by atoms with E-state index >= 15 is 0 Å². The predicted molar refractivity (Wildman–Crippen MR) is 48.4 cm³/mol. The molecule has 11 heavy (non-hydrogen) atoms. The van der Waals surface area contributed by atoms with Gasteiger partial charge in [0.15, 0.2) is 0 Å². The molecule has 0 amide bonds. The molecule has 0 heteroatoms. The van der Waals surface area contributed by atoms with Crippen molar-refractivity contribution in [2.75, 3.05) is 0 Å². The maximum atomic E-state index is 2.45. The van der Waals surface area contributed by atoms with Gasteiger partial charge in [0.1, 0.15) is 0 Å². The van der Waals surface area contributed by atoms with Gasteiger partial charge in [-0.3, -0.25) is 0 Å². The highest BCUT2D eigenvalue weighted by atomic mass is 14.5. The van der Waals surface area contributed by atoms with Gasteiger partial charge in [0, 0.05) is 0 Å². The highest BCUT2D eigenvalue weighted by molar-refractivity contribution is 4.91. The van der Waals surface area contributed by atoms with Gasteiger partial charge >= 0.3 is 0 Å². The quantitative estimate of drug-likeness (QED) is 0.568. The molecular formula is C11H20. The Morgan fingerprint density at radius 1 is 1.27 bits per heavy atom. The first-order valence-electron chi connectivity index (χ1n) is 5.31. The van der Waals surface area contributed by atoms with Crippen LogP contribution in [0.15, 0.2) is 0 Å². The van der Waals surface area contributed by atoms with Crippen molar-refractivity contribution in [2.24, 2.45) is 23.7 Å². The van der Waals surface area contributed by atoms with Crippen LogP contribution < -0.4 is 0 Å². The fraction of sp³-hybridized carbons (Fsp3) is 1.00. The SMILES string of the molecule is CCC(C)C1CC2CCC1C2. The molecule has 4 unspecified atom stereocenters. The first kappa shape index (κ1) is 7.64. The molecule has 2 aliphatic rings. The zero-order chi connectivity index (χ0) is 7.84. The summed E-state index contributed by atoms with van der Waals surface area (Å²) in [6.45, 7) is 4.79. The molecule has 0 aromatic heterocycles. The van der Waals surface area contributed by atoms with Crippen LogP contribution in [0.4, 0.5) is 0 Å². The number of hydrogen-bond donors (Lipinski definition) is 0. The van der Waals surface area contributed by atoms with Crippen LogP contribution in [0, 0.1) is 23.7 Å². The zero-order valence-corrected chi connectivity index (χ0v) is 7.84. The van der Waals surface area contributed by atoms with Crippen molar-refractivity contribution in [3.8, 4) is 0 Å². The summed E-state index contributed by atoms with van der Waals surface area (Å²) in [6.07, 6.45) is 7.65. The fourth-order valence-corrected chi connectivity index (χ4v) is 3.29. The third kappa shape index (κ3) is 1.21. The van der Waals surface area contributed by atoms with E-state index < -0.39 is 0 Å². The second-order valence-electron chi connectivity index (χ2n) is 4.72. The Balaban J connectivity index is 1.96. The zero-order valence-electron chi connectivity index (χ0n) is 7.84. The van der Waals surface area contributed by atoms with Crippen molar-refractivity contribution in [1.82, 2.24) is 0 Å². The van der Waals surface area contributed by atoms with Crippen LogP contribution in [0.25, 0.3) is 0 Å². The van der Waals surface area contributed by atoms with E-state index in [1.54, 1.807) is 25.7 Å². The molecule has 2 fully saturated rings. The van der Waals surface area contributed by atoms with Gasteiger partial charge in [-0.15, -0.1) is 0 Å². The molecule has 0 aliphatic heterocycles. The van der Waals surface area contributed by atoms with Gasteiger partial charge < -0.3 is 0 Å². The topological polar surface area (TPSA) is 0 Å². The van der Waals surface area contributed by atoms with Gasteiger partial charge in [-0.25, -0.2) is 0 Å². The molecule has 0 spiro atoms. The normalized spacial score (nSPS) is 44.7. The van der Waals surface area contributed by atoms with E-state index in [9.17, 15) is 0 Å². The van der Waals surface area contributed by atoms with Crippen LogP contribution in [0.5, 0.6) is 0 Å². The molecule has 2 rings (SSSR count). The Labute approximate surface area is 70.4 Å². The van der Waals surface area contributed by atoms with Crippen molar-refractivity contribution >= 4 is 0 Å². The van der Waals surface area contributed by atoms with E-state index in [1.165, 1.54) is 6.42 Å². The summed E-state index contributed by atoms with van der Waals surface area (Å²) in [6, 6.07) is 0. The van der Waals surface area contributed by atoms with E-state index in [1.807, 2.05) is 0 Å². The lowest BCUT2D eigenvalue weighted by Crippen LogP contribution is -2.17. The van der Waals surface area contributed by atoms with Gasteiger partial charge in [0.2, 0.25) is 0 Å². The maximum Gasteiger partial charge on any atom is -0.0357 e. The smallest absolute Gasteiger partial charge is 0.0357 e. The monoisotopic (exact) mass is 152 g/mol. The third-order valence-electron chi connectivity index (χ3n) is 4.17. The largest absolute Gasteiger partial charge is 0.0651 e. The van der Waals surface area contributed by atoms with E-state index in [4.69, 9.17) is 0 Å². The van der Waals surface area contributed by atoms with Gasteiger partial charge in [0.25, 0.3) is 0 Å². The Hall–Kier alpha value is 0. The summed E-state index contributed by atoms with van der Waals surface area (Å²) >= 11 is 0. The van der Waals surface area contributed by atoms with Crippen LogP contribution in [-0.4, -0.2) is 0 Å². The Bertz CT molecular complexity index is 139. The van der Waals surface area contributed by atoms with Crippen LogP contribution >= 0.6 is 0 Å². The molecule has 2 bridgehead atoms. The van der Waals surface area contributed by atoms with Crippen LogP contribution in [-0.2, 0) is 0 Å². The lowest BCUT2D eigenvalue weighted by atomic mass is 9.79. The first-order chi connectivity index (χ1) is 5.31. The second-order valence-corrected chi connectivity index (χ2v) is 4.72. The Morgan fingerprint density at radius 2 is 2.09 bits per heavy atom. The van der Waals surface area contributed by atoms with Crippen LogP contribution in [0.2, 0.25) is 0 Å². The van der Waals surface area contributed by atoms with Gasteiger partial charge in [0.05, 0.1) is 0 Å². The molecule has 0 saturated heterocycles. The van der Waals surface area contributed by atoms with Crippen LogP contribution in [0.1, 0.15) is 46.0 Å². The molecule has 64 valence electrons. The molecule has 0 aromatic carbocycles. The molecule has 0 aromatic rings. The van der Waals surface area contributed by atoms with Crippen molar-refractivity contribution in [1.29, 1.82) is 0 Å². The molecule has 0 nitrogen and oxygen atoms in total. The number of fused-ring (bicyclic) bond motifs is 2. The van der Waals surface area contributed by atoms with Crippen molar-refractivity contribution in [3.63, 3.8) is 0 Å². The van der Waals surface area contributed by atoms with E-state index in [2.05, 4.69) is 13.8 Å². The van der Waals surface area contributed by atoms with E-state index in [-0.39, 0.29) is 0 Å². The van der Waals surface area contributed by atoms with Crippen molar-refractivity contribution < 1.29 is 0 Å². The summed E-state index contributed by atoms with van der Waals surface area (Å²) in [7, 11) is 0. The summed E-state index contributed by atoms with van der Waals surface area (Å²) in [4.78, 5) is 0. The minimum atomic E-state index is 1.00. The highest BCUT2D eigenvalue weighted by Gasteiger charge is 2.40. The Morgan fingerprint density at radius 3 is 2.55 bits per heavy atom. The summed E-state index contributed by atoms with van der Waals surface area (Å²) in [5.41, 5.74) is 0. The average Bonchev–Trinajstić information content (AvgIpc) is 2.62. The first-order valence-corrected chi connectivity index (χ1v) is 5.31. The second kappa shape index (κ2) is 2.80. The van der Waals surface area contributed by atoms with Crippen molar-refractivity contribution in [2.45, 2.75) is 46.0 Å². The van der Waals surface area contributed by atoms with Crippen molar-refractivity contribution in [3.05, 3.63) is 0 Å². The number of rotatable bonds is 2. The molecule has 0 heterocycles. The lowest BCUT2D eigenvalue weighted by Gasteiger charge is -2.26. The molecule has 0 radical (unpaired) electrons. The molecule has 4 atom stereocenters. The van der Waals surface area contributed by atoms with Gasteiger partial charge in [-0.1, -0.05) is 26.7 Å². The standard InChI is InChI=1S/C11H20/c1-3-8(2)11-7-9-4-5-10(11)6-9/h8-11H,3-7H2,1-2H3. The maximum absolute atomic E-state index is 2.45. The molecule has 0 N–H and O–H groups in total. The summed E-state index contributed by atoms with van der Waals surface area (Å²) in [5, 5.41) is 0. The van der Waals surface area contributed by atoms with Crippen LogP contribution in [0.3, 0.4) is 0 Å². The summed E-state index contributed by atoms with van der Waals surface area (Å²) < 4.78 is 0. The fourth-order valence-electron chi connectivity index (χ4n) is 3.29. The predicted octanol–water partition coefficient (Wildman–Crippen LogP) is 3.47. The molecule has 2 saturated carbocycles. The number of hydrogen-bond acceptors (Lipinski definition) is 0. The van der Waals surface area contributed by atoms with Gasteiger partial charge in [-0.05, 0) is 42.9 Å². The summed E-state index contributed by atoms with van der Waals surface area (Å²) in [5.74, 6) is 4.39. The molecular weight excluding hydrogens is 132 g/mol. The Kier molecular flexibility index (Phi) is 1.95. The minimum Gasteiger partial charge on any atom is -0.0651 e. The average molecular weight is 152 g/mol. The minimum absolute atomic E-state index is 1.00. The van der Waals surface area contributed by atoms with E-state index in [0.717, 1.165) is 23.7 Å². The highest BCUT2D eigenvalue weighted by Crippen LogP contribution is 2.51.